The minimum absolute atomic E-state index is 0.206. The lowest BCUT2D eigenvalue weighted by Gasteiger charge is -2.33. The summed E-state index contributed by atoms with van der Waals surface area (Å²) < 4.78 is 1.94. The Balaban J connectivity index is 1.64. The first-order chi connectivity index (χ1) is 12.2. The van der Waals surface area contributed by atoms with E-state index in [0.29, 0.717) is 11.8 Å². The molecule has 2 aromatic rings. The number of aromatic nitrogens is 3. The lowest BCUT2D eigenvalue weighted by molar-refractivity contribution is -0.131. The van der Waals surface area contributed by atoms with Crippen molar-refractivity contribution >= 4 is 17.7 Å². The smallest absolute Gasteiger partial charge is 0.233 e. The van der Waals surface area contributed by atoms with Crippen LogP contribution in [-0.2, 0) is 4.79 Å². The fourth-order valence-corrected chi connectivity index (χ4v) is 4.26. The summed E-state index contributed by atoms with van der Waals surface area (Å²) in [7, 11) is 0. The molecule has 0 radical (unpaired) electrons. The highest BCUT2D eigenvalue weighted by molar-refractivity contribution is 7.99. The molecule has 1 aromatic heterocycles. The van der Waals surface area contributed by atoms with Crippen LogP contribution in [0.1, 0.15) is 44.6 Å². The maximum atomic E-state index is 12.7. The fraction of sp³-hybridized carbons (Fsp3) is 0.526. The topological polar surface area (TPSA) is 51.0 Å². The van der Waals surface area contributed by atoms with E-state index in [2.05, 4.69) is 41.1 Å². The van der Waals surface area contributed by atoms with Crippen LogP contribution in [0.4, 0.5) is 0 Å². The zero-order chi connectivity index (χ0) is 17.6. The highest BCUT2D eigenvalue weighted by Gasteiger charge is 2.24. The van der Waals surface area contributed by atoms with Crippen LogP contribution in [0, 0.1) is 6.92 Å². The zero-order valence-electron chi connectivity index (χ0n) is 15.0. The van der Waals surface area contributed by atoms with E-state index >= 15 is 0 Å². The highest BCUT2D eigenvalue weighted by atomic mass is 32.2. The van der Waals surface area contributed by atoms with Crippen molar-refractivity contribution in [3.05, 3.63) is 36.2 Å². The number of thioether (sulfide) groups is 1. The van der Waals surface area contributed by atoms with Crippen LogP contribution in [-0.4, -0.2) is 43.9 Å². The lowest BCUT2D eigenvalue weighted by Crippen LogP contribution is -2.42. The number of rotatable bonds is 6. The van der Waals surface area contributed by atoms with Gasteiger partial charge >= 0.3 is 0 Å². The third-order valence-corrected chi connectivity index (χ3v) is 5.76. The molecule has 0 aliphatic heterocycles. The Morgan fingerprint density at radius 3 is 2.64 bits per heavy atom. The maximum absolute atomic E-state index is 12.7. The van der Waals surface area contributed by atoms with Crippen LogP contribution in [0.15, 0.2) is 35.7 Å². The molecule has 134 valence electrons. The van der Waals surface area contributed by atoms with Crippen LogP contribution in [0.3, 0.4) is 0 Å². The number of carbonyl (C=O) groups excluding carboxylic acids is 1. The molecule has 0 N–H and O–H groups in total. The van der Waals surface area contributed by atoms with Crippen LogP contribution >= 0.6 is 11.8 Å². The summed E-state index contributed by atoms with van der Waals surface area (Å²) >= 11 is 1.47. The van der Waals surface area contributed by atoms with Gasteiger partial charge in [0, 0.05) is 18.3 Å². The predicted molar refractivity (Wildman–Crippen MR) is 101 cm³/mol. The van der Waals surface area contributed by atoms with E-state index in [4.69, 9.17) is 0 Å². The molecular weight excluding hydrogens is 332 g/mol. The lowest BCUT2D eigenvalue weighted by atomic mass is 9.94. The molecule has 0 saturated heterocycles. The van der Waals surface area contributed by atoms with Gasteiger partial charge in [-0.1, -0.05) is 48.7 Å². The molecule has 0 unspecified atom stereocenters. The van der Waals surface area contributed by atoms with Gasteiger partial charge in [-0.05, 0) is 38.8 Å². The van der Waals surface area contributed by atoms with Crippen LogP contribution in [0.5, 0.6) is 0 Å². The average Bonchev–Trinajstić information content (AvgIpc) is 3.11. The van der Waals surface area contributed by atoms with Gasteiger partial charge in [-0.2, -0.15) is 0 Å². The molecule has 3 rings (SSSR count). The molecule has 1 aliphatic carbocycles. The third-order valence-electron chi connectivity index (χ3n) is 4.83. The predicted octanol–water partition coefficient (Wildman–Crippen LogP) is 3.85. The van der Waals surface area contributed by atoms with Crippen LogP contribution < -0.4 is 0 Å². The molecule has 0 spiro atoms. The van der Waals surface area contributed by atoms with Crippen molar-refractivity contribution in [1.29, 1.82) is 0 Å². The third kappa shape index (κ3) is 4.42. The Hall–Kier alpha value is -1.82. The molecule has 1 amide bonds. The molecule has 1 aromatic carbocycles. The van der Waals surface area contributed by atoms with Gasteiger partial charge in [0.15, 0.2) is 5.16 Å². The van der Waals surface area contributed by atoms with Crippen molar-refractivity contribution in [2.45, 2.75) is 57.1 Å². The standard InChI is InChI=1S/C19H26N4OS/c1-3-22(16-7-5-4-6-8-16)18(24)13-25-19-21-20-14-23(19)17-11-9-15(2)10-12-17/h9-12,14,16H,3-8,13H2,1-2H3. The number of amides is 1. The van der Waals surface area contributed by atoms with Gasteiger partial charge < -0.3 is 4.90 Å². The average molecular weight is 359 g/mol. The normalized spacial score (nSPS) is 15.3. The maximum Gasteiger partial charge on any atom is 0.233 e. The quantitative estimate of drug-likeness (QED) is 0.736. The van der Waals surface area contributed by atoms with E-state index in [9.17, 15) is 4.79 Å². The number of carbonyl (C=O) groups is 1. The van der Waals surface area contributed by atoms with E-state index in [1.165, 1.54) is 36.6 Å². The Kier molecular flexibility index (Phi) is 6.13. The molecule has 1 fully saturated rings. The Morgan fingerprint density at radius 2 is 1.96 bits per heavy atom. The summed E-state index contributed by atoms with van der Waals surface area (Å²) in [6.07, 6.45) is 7.77. The molecule has 6 heteroatoms. The minimum atomic E-state index is 0.206. The second-order valence-electron chi connectivity index (χ2n) is 6.58. The van der Waals surface area contributed by atoms with E-state index in [1.54, 1.807) is 6.33 Å². The van der Waals surface area contributed by atoms with Crippen molar-refractivity contribution in [3.8, 4) is 5.69 Å². The molecule has 1 aliphatic rings. The van der Waals surface area contributed by atoms with Gasteiger partial charge in [0.1, 0.15) is 6.33 Å². The number of aryl methyl sites for hydroxylation is 1. The molecule has 5 nitrogen and oxygen atoms in total. The van der Waals surface area contributed by atoms with E-state index in [1.807, 2.05) is 16.7 Å². The first kappa shape index (κ1) is 18.0. The van der Waals surface area contributed by atoms with E-state index < -0.39 is 0 Å². The Bertz CT molecular complexity index is 692. The molecule has 0 bridgehead atoms. The Morgan fingerprint density at radius 1 is 1.24 bits per heavy atom. The summed E-state index contributed by atoms with van der Waals surface area (Å²) in [5.41, 5.74) is 2.23. The van der Waals surface area contributed by atoms with Crippen molar-refractivity contribution in [1.82, 2.24) is 19.7 Å². The SMILES string of the molecule is CCN(C(=O)CSc1nncn1-c1ccc(C)cc1)C1CCCCC1. The summed E-state index contributed by atoms with van der Waals surface area (Å²) in [4.78, 5) is 14.8. The summed E-state index contributed by atoms with van der Waals surface area (Å²) in [5.74, 6) is 0.618. The molecule has 1 heterocycles. The molecule has 1 saturated carbocycles. The van der Waals surface area contributed by atoms with Crippen LogP contribution in [0.25, 0.3) is 5.69 Å². The van der Waals surface area contributed by atoms with Crippen LogP contribution in [0.2, 0.25) is 0 Å². The molecule has 25 heavy (non-hydrogen) atoms. The van der Waals surface area contributed by atoms with E-state index in [-0.39, 0.29) is 5.91 Å². The summed E-state index contributed by atoms with van der Waals surface area (Å²) in [6.45, 7) is 4.93. The monoisotopic (exact) mass is 358 g/mol. The highest BCUT2D eigenvalue weighted by Crippen LogP contribution is 2.25. The van der Waals surface area contributed by atoms with Gasteiger partial charge in [-0.3, -0.25) is 9.36 Å². The number of nitrogens with zero attached hydrogens (tertiary/aromatic N) is 4. The second kappa shape index (κ2) is 8.52. The first-order valence-electron chi connectivity index (χ1n) is 9.08. The first-order valence-corrected chi connectivity index (χ1v) is 10.1. The van der Waals surface area contributed by atoms with Gasteiger partial charge in [0.25, 0.3) is 0 Å². The number of hydrogen-bond donors (Lipinski definition) is 0. The fourth-order valence-electron chi connectivity index (χ4n) is 3.45. The summed E-state index contributed by atoms with van der Waals surface area (Å²) in [5, 5.41) is 8.97. The molecule has 0 atom stereocenters. The van der Waals surface area contributed by atoms with Crippen molar-refractivity contribution in [2.75, 3.05) is 12.3 Å². The van der Waals surface area contributed by atoms with E-state index in [0.717, 1.165) is 30.2 Å². The second-order valence-corrected chi connectivity index (χ2v) is 7.52. The van der Waals surface area contributed by atoms with Gasteiger partial charge in [-0.15, -0.1) is 10.2 Å². The van der Waals surface area contributed by atoms with Crippen molar-refractivity contribution in [2.24, 2.45) is 0 Å². The van der Waals surface area contributed by atoms with Gasteiger partial charge in [0.05, 0.1) is 5.75 Å². The number of benzene rings is 1. The van der Waals surface area contributed by atoms with Crippen molar-refractivity contribution in [3.63, 3.8) is 0 Å². The summed E-state index contributed by atoms with van der Waals surface area (Å²) in [6, 6.07) is 8.64. The Labute approximate surface area is 153 Å². The minimum Gasteiger partial charge on any atom is -0.339 e. The zero-order valence-corrected chi connectivity index (χ0v) is 15.8. The van der Waals surface area contributed by atoms with Crippen molar-refractivity contribution < 1.29 is 4.79 Å². The number of hydrogen-bond acceptors (Lipinski definition) is 4. The largest absolute Gasteiger partial charge is 0.339 e. The van der Waals surface area contributed by atoms with Gasteiger partial charge in [0.2, 0.25) is 5.91 Å². The van der Waals surface area contributed by atoms with Gasteiger partial charge in [-0.25, -0.2) is 0 Å². The molecular formula is C19H26N4OS.